The van der Waals surface area contributed by atoms with Gasteiger partial charge in [-0.05, 0) is 36.6 Å². The summed E-state index contributed by atoms with van der Waals surface area (Å²) in [6.07, 6.45) is 4.13. The van der Waals surface area contributed by atoms with Crippen molar-refractivity contribution in [2.75, 3.05) is 7.11 Å². The van der Waals surface area contributed by atoms with Crippen LogP contribution in [0.15, 0.2) is 74.9 Å². The molecule has 0 aliphatic rings. The first kappa shape index (κ1) is 21.1. The molecule has 0 amide bonds. The number of hydrogen-bond donors (Lipinski definition) is 0. The van der Waals surface area contributed by atoms with E-state index in [1.165, 1.54) is 13.2 Å². The minimum absolute atomic E-state index is 0.302. The average Bonchev–Trinajstić information content (AvgIpc) is 2.72. The van der Waals surface area contributed by atoms with Crippen LogP contribution in [0.25, 0.3) is 11.0 Å². The lowest BCUT2D eigenvalue weighted by atomic mass is 10.1. The third kappa shape index (κ3) is 6.20. The number of esters is 1. The highest BCUT2D eigenvalue weighted by Crippen LogP contribution is 2.19. The highest BCUT2D eigenvalue weighted by atomic mass is 16.5. The number of nitrogens with zero attached hydrogens (tertiary/aromatic N) is 1. The van der Waals surface area contributed by atoms with E-state index < -0.39 is 0 Å². The molecule has 5 heteroatoms. The maximum Gasteiger partial charge on any atom is 0.340 e. The zero-order chi connectivity index (χ0) is 20.4. The van der Waals surface area contributed by atoms with Crippen molar-refractivity contribution in [3.05, 3.63) is 76.6 Å². The molecule has 5 nitrogen and oxygen atoms in total. The molecule has 2 aromatic carbocycles. The van der Waals surface area contributed by atoms with Crippen molar-refractivity contribution in [1.29, 1.82) is 0 Å². The molecular weight excluding hydrogens is 354 g/mol. The molecule has 0 bridgehead atoms. The van der Waals surface area contributed by atoms with Gasteiger partial charge >= 0.3 is 11.6 Å². The average molecular weight is 379 g/mol. The second-order valence-corrected chi connectivity index (χ2v) is 6.35. The topological polar surface area (TPSA) is 68.9 Å². The summed E-state index contributed by atoms with van der Waals surface area (Å²) in [4.78, 5) is 26.6. The first-order chi connectivity index (χ1) is 13.5. The number of rotatable bonds is 5. The molecule has 146 valence electrons. The van der Waals surface area contributed by atoms with E-state index in [0.717, 1.165) is 18.2 Å². The van der Waals surface area contributed by atoms with E-state index in [-0.39, 0.29) is 11.6 Å². The number of fused-ring (bicyclic) bond motifs is 1. The van der Waals surface area contributed by atoms with E-state index in [1.807, 2.05) is 36.5 Å². The maximum atomic E-state index is 11.5. The molecule has 0 aliphatic carbocycles. The van der Waals surface area contributed by atoms with Gasteiger partial charge in [-0.1, -0.05) is 50.6 Å². The van der Waals surface area contributed by atoms with Crippen molar-refractivity contribution in [3.63, 3.8) is 0 Å². The lowest BCUT2D eigenvalue weighted by molar-refractivity contribution is 0.0601. The molecule has 1 aromatic heterocycles. The van der Waals surface area contributed by atoms with Gasteiger partial charge in [0.1, 0.15) is 5.58 Å². The lowest BCUT2D eigenvalue weighted by Gasteiger charge is -2.05. The van der Waals surface area contributed by atoms with Crippen molar-refractivity contribution in [2.45, 2.75) is 26.7 Å². The smallest absolute Gasteiger partial charge is 0.340 e. The molecule has 1 unspecified atom stereocenters. The molecule has 0 radical (unpaired) electrons. The fourth-order valence-electron chi connectivity index (χ4n) is 2.62. The molecule has 0 saturated heterocycles. The van der Waals surface area contributed by atoms with E-state index in [9.17, 15) is 9.59 Å². The summed E-state index contributed by atoms with van der Waals surface area (Å²) in [6.45, 7) is 4.26. The minimum Gasteiger partial charge on any atom is -0.465 e. The number of para-hydroxylation sites is 2. The van der Waals surface area contributed by atoms with Gasteiger partial charge in [0, 0.05) is 17.7 Å². The van der Waals surface area contributed by atoms with Crippen LogP contribution >= 0.6 is 0 Å². The minimum atomic E-state index is -0.346. The van der Waals surface area contributed by atoms with E-state index >= 15 is 0 Å². The summed E-state index contributed by atoms with van der Waals surface area (Å²) >= 11 is 0. The molecule has 0 saturated carbocycles. The number of aliphatic imine (C=N–C) groups is 1. The van der Waals surface area contributed by atoms with Crippen LogP contribution in [0.5, 0.6) is 0 Å². The Kier molecular flexibility index (Phi) is 8.15. The zero-order valence-corrected chi connectivity index (χ0v) is 16.4. The summed E-state index contributed by atoms with van der Waals surface area (Å²) in [5.74, 6) is 0.0756. The number of carbonyl (C=O) groups is 1. The van der Waals surface area contributed by atoms with Gasteiger partial charge in [-0.25, -0.2) is 9.59 Å². The second kappa shape index (κ2) is 10.8. The third-order valence-electron chi connectivity index (χ3n) is 4.05. The van der Waals surface area contributed by atoms with Gasteiger partial charge in [0.15, 0.2) is 0 Å². The van der Waals surface area contributed by atoms with Gasteiger partial charge in [0.25, 0.3) is 0 Å². The predicted molar refractivity (Wildman–Crippen MR) is 112 cm³/mol. The quantitative estimate of drug-likeness (QED) is 0.338. The Labute approximate surface area is 164 Å². The molecular formula is C23H25NO4. The molecule has 0 spiro atoms. The van der Waals surface area contributed by atoms with E-state index in [4.69, 9.17) is 9.15 Å². The Morgan fingerprint density at radius 3 is 2.57 bits per heavy atom. The SMILES string of the molecule is CCCC(C)/C=N/c1ccccc1C(=O)OC.O=c1ccc2ccccc2o1. The molecule has 0 fully saturated rings. The largest absolute Gasteiger partial charge is 0.465 e. The van der Waals surface area contributed by atoms with E-state index in [2.05, 4.69) is 18.8 Å². The number of hydrogen-bond acceptors (Lipinski definition) is 5. The molecule has 3 rings (SSSR count). The first-order valence-corrected chi connectivity index (χ1v) is 9.25. The molecule has 1 atom stereocenters. The van der Waals surface area contributed by atoms with Crippen LogP contribution in [0, 0.1) is 5.92 Å². The van der Waals surface area contributed by atoms with Crippen LogP contribution in [0.2, 0.25) is 0 Å². The summed E-state index contributed by atoms with van der Waals surface area (Å²) in [5.41, 5.74) is 1.51. The number of benzene rings is 2. The van der Waals surface area contributed by atoms with Crippen molar-refractivity contribution >= 4 is 28.8 Å². The fourth-order valence-corrected chi connectivity index (χ4v) is 2.62. The molecule has 0 N–H and O–H groups in total. The zero-order valence-electron chi connectivity index (χ0n) is 16.4. The Morgan fingerprint density at radius 2 is 1.82 bits per heavy atom. The summed E-state index contributed by atoms with van der Waals surface area (Å²) in [6, 6.07) is 17.8. The number of ether oxygens (including phenoxy) is 1. The molecule has 1 heterocycles. The third-order valence-corrected chi connectivity index (χ3v) is 4.05. The van der Waals surface area contributed by atoms with Crippen molar-refractivity contribution in [2.24, 2.45) is 10.9 Å². The van der Waals surface area contributed by atoms with E-state index in [0.29, 0.717) is 22.8 Å². The van der Waals surface area contributed by atoms with Crippen LogP contribution in [0.4, 0.5) is 5.69 Å². The Morgan fingerprint density at radius 1 is 1.11 bits per heavy atom. The summed E-state index contributed by atoms with van der Waals surface area (Å²) < 4.78 is 9.62. The van der Waals surface area contributed by atoms with Crippen molar-refractivity contribution in [3.8, 4) is 0 Å². The standard InChI is InChI=1S/C14H19NO2.C9H6O2/c1-4-7-11(2)10-15-13-9-6-5-8-12(13)14(16)17-3;10-9-6-5-7-3-1-2-4-8(7)11-9/h5-6,8-11H,4,7H2,1-3H3;1-6H/b15-10+;. The van der Waals surface area contributed by atoms with Gasteiger partial charge in [0.05, 0.1) is 18.4 Å². The monoisotopic (exact) mass is 379 g/mol. The van der Waals surface area contributed by atoms with Crippen LogP contribution < -0.4 is 5.63 Å². The Hall–Kier alpha value is -3.21. The highest BCUT2D eigenvalue weighted by molar-refractivity contribution is 5.95. The van der Waals surface area contributed by atoms with Crippen LogP contribution in [-0.4, -0.2) is 19.3 Å². The Bertz CT molecular complexity index is 991. The van der Waals surface area contributed by atoms with Gasteiger partial charge in [-0.15, -0.1) is 0 Å². The second-order valence-electron chi connectivity index (χ2n) is 6.35. The normalized spacial score (nSPS) is 11.7. The number of methoxy groups -OCH3 is 1. The van der Waals surface area contributed by atoms with Gasteiger partial charge < -0.3 is 9.15 Å². The van der Waals surface area contributed by atoms with Gasteiger partial charge in [-0.2, -0.15) is 0 Å². The predicted octanol–water partition coefficient (Wildman–Crippen LogP) is 5.40. The number of carbonyl (C=O) groups excluding carboxylic acids is 1. The van der Waals surface area contributed by atoms with Gasteiger partial charge in [0.2, 0.25) is 0 Å². The molecule has 3 aromatic rings. The van der Waals surface area contributed by atoms with E-state index in [1.54, 1.807) is 24.3 Å². The van der Waals surface area contributed by atoms with Crippen molar-refractivity contribution < 1.29 is 13.9 Å². The molecule has 0 aliphatic heterocycles. The van der Waals surface area contributed by atoms with Crippen LogP contribution in [-0.2, 0) is 4.74 Å². The van der Waals surface area contributed by atoms with Crippen LogP contribution in [0.3, 0.4) is 0 Å². The first-order valence-electron chi connectivity index (χ1n) is 9.25. The Balaban J connectivity index is 0.000000218. The molecule has 28 heavy (non-hydrogen) atoms. The highest BCUT2D eigenvalue weighted by Gasteiger charge is 2.09. The van der Waals surface area contributed by atoms with Crippen molar-refractivity contribution in [1.82, 2.24) is 0 Å². The van der Waals surface area contributed by atoms with Gasteiger partial charge in [-0.3, -0.25) is 4.99 Å². The van der Waals surface area contributed by atoms with Crippen LogP contribution in [0.1, 0.15) is 37.0 Å². The fraction of sp³-hybridized carbons (Fsp3) is 0.261. The summed E-state index contributed by atoms with van der Waals surface area (Å²) in [7, 11) is 1.38. The lowest BCUT2D eigenvalue weighted by Crippen LogP contribution is -2.01. The summed E-state index contributed by atoms with van der Waals surface area (Å²) in [5, 5.41) is 0.951. The maximum absolute atomic E-state index is 11.5.